The molecule has 0 aliphatic carbocycles. The maximum Gasteiger partial charge on any atom is 0.472 e. The van der Waals surface area contributed by atoms with Crippen molar-refractivity contribution < 1.29 is 37.6 Å². The van der Waals surface area contributed by atoms with Gasteiger partial charge >= 0.3 is 19.8 Å². The first kappa shape index (κ1) is 51.0. The second-order valence-corrected chi connectivity index (χ2v) is 15.3. The predicted octanol–water partition coefficient (Wildman–Crippen LogP) is 11.9. The molecule has 308 valence electrons. The Bertz CT molecular complexity index is 1010. The number of nitrogens with two attached hydrogens (primary N) is 1. The fraction of sp³-hybridized carbons (Fsp3) is 0.767. The largest absolute Gasteiger partial charge is 0.472 e. The fourth-order valence-corrected chi connectivity index (χ4v) is 6.31. The van der Waals surface area contributed by atoms with Crippen LogP contribution < -0.4 is 5.73 Å². The number of unbranched alkanes of at least 4 members (excludes halogenated alkanes) is 19. The molecular formula is C43H78NO8P. The van der Waals surface area contributed by atoms with E-state index in [0.717, 1.165) is 57.8 Å². The Kier molecular flexibility index (Phi) is 38.1. The number of phosphoric ester groups is 1. The average molecular weight is 768 g/mol. The third kappa shape index (κ3) is 39.5. The maximum absolute atomic E-state index is 12.5. The number of phosphoric acid groups is 1. The lowest BCUT2D eigenvalue weighted by molar-refractivity contribution is -0.161. The van der Waals surface area contributed by atoms with E-state index in [2.05, 4.69) is 62.5 Å². The molecule has 1 unspecified atom stereocenters. The molecule has 0 rings (SSSR count). The van der Waals surface area contributed by atoms with Crippen LogP contribution in [0.25, 0.3) is 0 Å². The molecule has 0 aliphatic heterocycles. The van der Waals surface area contributed by atoms with E-state index in [4.69, 9.17) is 24.3 Å². The molecule has 0 aliphatic rings. The zero-order valence-corrected chi connectivity index (χ0v) is 34.6. The molecule has 0 aromatic heterocycles. The first-order chi connectivity index (χ1) is 25.8. The first-order valence-corrected chi connectivity index (χ1v) is 22.6. The molecule has 10 heteroatoms. The molecular weight excluding hydrogens is 689 g/mol. The summed E-state index contributed by atoms with van der Waals surface area (Å²) in [7, 11) is -4.39. The minimum absolute atomic E-state index is 0.0436. The van der Waals surface area contributed by atoms with E-state index in [1.54, 1.807) is 0 Å². The summed E-state index contributed by atoms with van der Waals surface area (Å²) in [6.07, 6.45) is 44.3. The van der Waals surface area contributed by atoms with Gasteiger partial charge in [0.2, 0.25) is 0 Å². The topological polar surface area (TPSA) is 134 Å². The van der Waals surface area contributed by atoms with Crippen molar-refractivity contribution in [3.63, 3.8) is 0 Å². The van der Waals surface area contributed by atoms with Gasteiger partial charge in [0, 0.05) is 19.4 Å². The summed E-state index contributed by atoms with van der Waals surface area (Å²) in [5, 5.41) is 0. The first-order valence-electron chi connectivity index (χ1n) is 21.1. The third-order valence-corrected chi connectivity index (χ3v) is 9.70. The van der Waals surface area contributed by atoms with Crippen molar-refractivity contribution in [1.29, 1.82) is 0 Å². The summed E-state index contributed by atoms with van der Waals surface area (Å²) in [6.45, 7) is 3.64. The van der Waals surface area contributed by atoms with Crippen LogP contribution in [0.15, 0.2) is 48.6 Å². The molecule has 9 nitrogen and oxygen atoms in total. The standard InChI is InChI=1S/C43H78NO8P/c1-3-5-7-9-11-13-15-17-19-20-22-24-26-28-30-32-34-36-43(46)52-41(40-51-53(47,48)50-38-37-44)39-49-42(45)35-33-31-29-27-25-23-21-18-16-14-12-10-8-6-4-2/h14,16,18,21-22,24,28,30,41H,3-13,15,17,19-20,23,25-27,29,31-40,44H2,1-2H3,(H,47,48)/b16-14+,21-18+,24-22+,30-28+/t41-/m1/s1. The zero-order valence-electron chi connectivity index (χ0n) is 33.7. The predicted molar refractivity (Wildman–Crippen MR) is 220 cm³/mol. The van der Waals surface area contributed by atoms with Crippen LogP contribution in [-0.4, -0.2) is 49.3 Å². The molecule has 0 fully saturated rings. The summed E-state index contributed by atoms with van der Waals surface area (Å²) in [5.74, 6) is -0.901. The highest BCUT2D eigenvalue weighted by Gasteiger charge is 2.25. The highest BCUT2D eigenvalue weighted by molar-refractivity contribution is 7.47. The van der Waals surface area contributed by atoms with Gasteiger partial charge in [0.05, 0.1) is 13.2 Å². The van der Waals surface area contributed by atoms with Gasteiger partial charge in [0.25, 0.3) is 0 Å². The van der Waals surface area contributed by atoms with Crippen LogP contribution in [0.2, 0.25) is 0 Å². The molecule has 2 atom stereocenters. The van der Waals surface area contributed by atoms with Gasteiger partial charge in [0.15, 0.2) is 6.10 Å². The summed E-state index contributed by atoms with van der Waals surface area (Å²) in [6, 6.07) is 0. The molecule has 0 aromatic carbocycles. The van der Waals surface area contributed by atoms with Gasteiger partial charge in [-0.25, -0.2) is 4.57 Å². The van der Waals surface area contributed by atoms with Gasteiger partial charge in [-0.05, 0) is 64.2 Å². The van der Waals surface area contributed by atoms with Crippen molar-refractivity contribution in [2.24, 2.45) is 5.73 Å². The van der Waals surface area contributed by atoms with E-state index in [1.807, 2.05) is 0 Å². The molecule has 0 bridgehead atoms. The van der Waals surface area contributed by atoms with Gasteiger partial charge in [-0.15, -0.1) is 0 Å². The molecule has 0 saturated heterocycles. The SMILES string of the molecule is CCCCCC/C=C/C=C/CCCCCCCC(=O)OC[C@H](COP(=O)(O)OCCN)OC(=O)CCC/C=C/C/C=C/CCCCCCCCCCC. The van der Waals surface area contributed by atoms with Crippen molar-refractivity contribution in [2.45, 2.75) is 187 Å². The summed E-state index contributed by atoms with van der Waals surface area (Å²) < 4.78 is 32.7. The Morgan fingerprint density at radius 1 is 0.585 bits per heavy atom. The fourth-order valence-electron chi connectivity index (χ4n) is 5.55. The third-order valence-electron chi connectivity index (χ3n) is 8.72. The van der Waals surface area contributed by atoms with E-state index in [9.17, 15) is 19.0 Å². The monoisotopic (exact) mass is 768 g/mol. The number of esters is 2. The van der Waals surface area contributed by atoms with Crippen LogP contribution in [0.5, 0.6) is 0 Å². The maximum atomic E-state index is 12.5. The van der Waals surface area contributed by atoms with Crippen molar-refractivity contribution in [1.82, 2.24) is 0 Å². The molecule has 0 amide bonds. The lowest BCUT2D eigenvalue weighted by atomic mass is 10.1. The van der Waals surface area contributed by atoms with E-state index in [-0.39, 0.29) is 32.6 Å². The lowest BCUT2D eigenvalue weighted by Crippen LogP contribution is -2.29. The van der Waals surface area contributed by atoms with Gasteiger partial charge in [-0.1, -0.05) is 152 Å². The van der Waals surface area contributed by atoms with E-state index in [0.29, 0.717) is 12.8 Å². The number of rotatable bonds is 39. The van der Waals surface area contributed by atoms with Crippen LogP contribution in [0.4, 0.5) is 0 Å². The van der Waals surface area contributed by atoms with Crippen molar-refractivity contribution in [3.8, 4) is 0 Å². The molecule has 0 saturated carbocycles. The van der Waals surface area contributed by atoms with E-state index in [1.165, 1.54) is 83.5 Å². The van der Waals surface area contributed by atoms with Crippen LogP contribution in [0, 0.1) is 0 Å². The second kappa shape index (κ2) is 39.7. The zero-order chi connectivity index (χ0) is 38.9. The van der Waals surface area contributed by atoms with Gasteiger partial charge < -0.3 is 20.1 Å². The Morgan fingerprint density at radius 3 is 1.62 bits per heavy atom. The van der Waals surface area contributed by atoms with Crippen LogP contribution in [-0.2, 0) is 32.7 Å². The smallest absolute Gasteiger partial charge is 0.462 e. The minimum atomic E-state index is -4.39. The Labute approximate surface area is 324 Å². The summed E-state index contributed by atoms with van der Waals surface area (Å²) in [5.41, 5.74) is 5.34. The van der Waals surface area contributed by atoms with Crippen molar-refractivity contribution >= 4 is 19.8 Å². The van der Waals surface area contributed by atoms with Crippen LogP contribution in [0.3, 0.4) is 0 Å². The number of ether oxygens (including phenoxy) is 2. The second-order valence-electron chi connectivity index (χ2n) is 13.9. The lowest BCUT2D eigenvalue weighted by Gasteiger charge is -2.19. The van der Waals surface area contributed by atoms with Gasteiger partial charge in [-0.2, -0.15) is 0 Å². The molecule has 53 heavy (non-hydrogen) atoms. The summed E-state index contributed by atoms with van der Waals surface area (Å²) >= 11 is 0. The van der Waals surface area contributed by atoms with E-state index >= 15 is 0 Å². The van der Waals surface area contributed by atoms with Crippen LogP contribution >= 0.6 is 7.82 Å². The summed E-state index contributed by atoms with van der Waals surface area (Å²) in [4.78, 5) is 34.8. The van der Waals surface area contributed by atoms with Crippen molar-refractivity contribution in [3.05, 3.63) is 48.6 Å². The molecule has 0 aromatic rings. The highest BCUT2D eigenvalue weighted by atomic mass is 31.2. The quantitative estimate of drug-likeness (QED) is 0.0206. The molecule has 0 heterocycles. The average Bonchev–Trinajstić information content (AvgIpc) is 3.14. The Hall–Kier alpha value is -2.03. The van der Waals surface area contributed by atoms with E-state index < -0.39 is 32.5 Å². The Balaban J connectivity index is 4.27. The molecule has 0 radical (unpaired) electrons. The molecule has 0 spiro atoms. The number of carbonyl (C=O) groups excluding carboxylic acids is 2. The van der Waals surface area contributed by atoms with Crippen molar-refractivity contribution in [2.75, 3.05) is 26.4 Å². The Morgan fingerprint density at radius 2 is 1.06 bits per heavy atom. The van der Waals surface area contributed by atoms with Gasteiger partial charge in [-0.3, -0.25) is 18.6 Å². The molecule has 3 N–H and O–H groups in total. The minimum Gasteiger partial charge on any atom is -0.462 e. The number of hydrogen-bond donors (Lipinski definition) is 2. The number of carbonyl (C=O) groups is 2. The van der Waals surface area contributed by atoms with Gasteiger partial charge in [0.1, 0.15) is 6.61 Å². The highest BCUT2D eigenvalue weighted by Crippen LogP contribution is 2.43. The number of hydrogen-bond acceptors (Lipinski definition) is 8. The normalized spacial score (nSPS) is 13.8. The van der Waals surface area contributed by atoms with Crippen LogP contribution in [0.1, 0.15) is 181 Å². The number of allylic oxidation sites excluding steroid dienone is 8.